The topological polar surface area (TPSA) is 49.4 Å². The molecule has 1 aliphatic rings. The lowest BCUT2D eigenvalue weighted by molar-refractivity contribution is -0.162. The van der Waals surface area contributed by atoms with Gasteiger partial charge < -0.3 is 10.2 Å². The first-order valence-electron chi connectivity index (χ1n) is 7.50. The van der Waals surface area contributed by atoms with Gasteiger partial charge in [0.15, 0.2) is 0 Å². The molecule has 1 saturated heterocycles. The van der Waals surface area contributed by atoms with Gasteiger partial charge >= 0.3 is 0 Å². The molecular formula is C15H28N2O2. The summed E-state index contributed by atoms with van der Waals surface area (Å²) in [6, 6.07) is 0. The summed E-state index contributed by atoms with van der Waals surface area (Å²) in [6.45, 7) is 10.4. The Morgan fingerprint density at radius 2 is 1.63 bits per heavy atom. The summed E-state index contributed by atoms with van der Waals surface area (Å²) in [6.07, 6.45) is 4.51. The molecule has 19 heavy (non-hydrogen) atoms. The standard InChI is InChI=1S/C15H28N2O2/c1-6-9-10-11-17-13(19)14(4,5)16-12(18)15(17,7-2)8-3/h6-11H2,1-5H3,(H,16,18). The first-order chi connectivity index (χ1) is 8.85. The highest BCUT2D eigenvalue weighted by molar-refractivity contribution is 6.01. The zero-order valence-corrected chi connectivity index (χ0v) is 13.0. The van der Waals surface area contributed by atoms with Crippen molar-refractivity contribution >= 4 is 11.8 Å². The molecule has 0 unspecified atom stereocenters. The number of carbonyl (C=O) groups is 2. The molecule has 1 rings (SSSR count). The smallest absolute Gasteiger partial charge is 0.248 e. The lowest BCUT2D eigenvalue weighted by Crippen LogP contribution is -2.74. The molecule has 2 amide bonds. The van der Waals surface area contributed by atoms with Crippen LogP contribution in [0.4, 0.5) is 0 Å². The normalized spacial score (nSPS) is 21.4. The van der Waals surface area contributed by atoms with Crippen LogP contribution >= 0.6 is 0 Å². The molecular weight excluding hydrogens is 240 g/mol. The van der Waals surface area contributed by atoms with E-state index in [-0.39, 0.29) is 11.8 Å². The van der Waals surface area contributed by atoms with Crippen LogP contribution in [0.1, 0.15) is 66.7 Å². The Hall–Kier alpha value is -1.06. The first kappa shape index (κ1) is 16.0. The van der Waals surface area contributed by atoms with Gasteiger partial charge in [-0.2, -0.15) is 0 Å². The number of amides is 2. The van der Waals surface area contributed by atoms with Crippen molar-refractivity contribution < 1.29 is 9.59 Å². The number of nitrogens with one attached hydrogen (secondary N) is 1. The molecule has 0 aromatic carbocycles. The van der Waals surface area contributed by atoms with Crippen molar-refractivity contribution in [3.8, 4) is 0 Å². The number of rotatable bonds is 6. The van der Waals surface area contributed by atoms with E-state index in [0.717, 1.165) is 19.3 Å². The van der Waals surface area contributed by atoms with Crippen LogP contribution in [0.3, 0.4) is 0 Å². The Labute approximate surface area is 116 Å². The van der Waals surface area contributed by atoms with E-state index in [9.17, 15) is 9.59 Å². The van der Waals surface area contributed by atoms with Crippen molar-refractivity contribution in [3.63, 3.8) is 0 Å². The van der Waals surface area contributed by atoms with Crippen LogP contribution in [0, 0.1) is 0 Å². The fourth-order valence-electron chi connectivity index (χ4n) is 2.90. The van der Waals surface area contributed by atoms with Crippen molar-refractivity contribution in [1.82, 2.24) is 10.2 Å². The number of hydrogen-bond acceptors (Lipinski definition) is 2. The van der Waals surface area contributed by atoms with E-state index in [2.05, 4.69) is 12.2 Å². The van der Waals surface area contributed by atoms with E-state index in [1.807, 2.05) is 18.7 Å². The minimum absolute atomic E-state index is 0.00130. The van der Waals surface area contributed by atoms with Crippen LogP contribution in [-0.4, -0.2) is 34.3 Å². The Morgan fingerprint density at radius 1 is 1.05 bits per heavy atom. The maximum absolute atomic E-state index is 12.6. The molecule has 1 aliphatic heterocycles. The second-order valence-corrected chi connectivity index (χ2v) is 5.98. The SMILES string of the molecule is CCCCCN1C(=O)C(C)(C)NC(=O)C1(CC)CC. The predicted molar refractivity (Wildman–Crippen MR) is 76.8 cm³/mol. The number of piperazine rings is 1. The molecule has 110 valence electrons. The van der Waals surface area contributed by atoms with Gasteiger partial charge in [0.25, 0.3) is 0 Å². The van der Waals surface area contributed by atoms with Crippen molar-refractivity contribution in [2.24, 2.45) is 0 Å². The van der Waals surface area contributed by atoms with Crippen LogP contribution in [0.25, 0.3) is 0 Å². The highest BCUT2D eigenvalue weighted by Crippen LogP contribution is 2.32. The van der Waals surface area contributed by atoms with E-state index in [4.69, 9.17) is 0 Å². The van der Waals surface area contributed by atoms with Crippen molar-refractivity contribution in [3.05, 3.63) is 0 Å². The first-order valence-corrected chi connectivity index (χ1v) is 7.50. The quantitative estimate of drug-likeness (QED) is 0.752. The zero-order chi connectivity index (χ0) is 14.7. The zero-order valence-electron chi connectivity index (χ0n) is 13.0. The summed E-state index contributed by atoms with van der Waals surface area (Å²) < 4.78 is 0. The second-order valence-electron chi connectivity index (χ2n) is 5.98. The molecule has 0 aromatic rings. The van der Waals surface area contributed by atoms with Crippen LogP contribution in [0.2, 0.25) is 0 Å². The maximum atomic E-state index is 12.6. The number of nitrogens with zero attached hydrogens (tertiary/aromatic N) is 1. The molecule has 0 spiro atoms. The van der Waals surface area contributed by atoms with Crippen LogP contribution in [0.5, 0.6) is 0 Å². The Bertz CT molecular complexity index is 346. The summed E-state index contributed by atoms with van der Waals surface area (Å²) in [7, 11) is 0. The minimum Gasteiger partial charge on any atom is -0.340 e. The summed E-state index contributed by atoms with van der Waals surface area (Å²) in [4.78, 5) is 26.9. The third-order valence-corrected chi connectivity index (χ3v) is 4.30. The van der Waals surface area contributed by atoms with Crippen molar-refractivity contribution in [1.29, 1.82) is 0 Å². The molecule has 1 N–H and O–H groups in total. The average molecular weight is 268 g/mol. The molecule has 0 radical (unpaired) electrons. The second kappa shape index (κ2) is 5.93. The van der Waals surface area contributed by atoms with Gasteiger partial charge in [-0.3, -0.25) is 9.59 Å². The van der Waals surface area contributed by atoms with Gasteiger partial charge in [-0.1, -0.05) is 33.6 Å². The van der Waals surface area contributed by atoms with E-state index in [0.29, 0.717) is 19.4 Å². The number of hydrogen-bond donors (Lipinski definition) is 1. The molecule has 0 bridgehead atoms. The van der Waals surface area contributed by atoms with Gasteiger partial charge in [-0.05, 0) is 33.1 Å². The van der Waals surface area contributed by atoms with E-state index >= 15 is 0 Å². The van der Waals surface area contributed by atoms with Gasteiger partial charge in [-0.15, -0.1) is 0 Å². The summed E-state index contributed by atoms with van der Waals surface area (Å²) >= 11 is 0. The average Bonchev–Trinajstić information content (AvgIpc) is 2.36. The molecule has 0 atom stereocenters. The monoisotopic (exact) mass is 268 g/mol. The molecule has 0 aromatic heterocycles. The molecule has 1 fully saturated rings. The highest BCUT2D eigenvalue weighted by atomic mass is 16.2. The van der Waals surface area contributed by atoms with E-state index in [1.54, 1.807) is 13.8 Å². The van der Waals surface area contributed by atoms with Gasteiger partial charge in [0.2, 0.25) is 11.8 Å². The summed E-state index contributed by atoms with van der Waals surface area (Å²) in [5, 5.41) is 2.89. The molecule has 1 heterocycles. The lowest BCUT2D eigenvalue weighted by atomic mass is 9.82. The van der Waals surface area contributed by atoms with Gasteiger partial charge in [-0.25, -0.2) is 0 Å². The predicted octanol–water partition coefficient (Wildman–Crippen LogP) is 2.47. The molecule has 4 heteroatoms. The summed E-state index contributed by atoms with van der Waals surface area (Å²) in [5.41, 5.74) is -1.43. The van der Waals surface area contributed by atoms with Crippen LogP contribution in [0.15, 0.2) is 0 Å². The molecule has 0 aliphatic carbocycles. The van der Waals surface area contributed by atoms with Crippen LogP contribution < -0.4 is 5.32 Å². The fraction of sp³-hybridized carbons (Fsp3) is 0.867. The Kier molecular flexibility index (Phi) is 4.99. The van der Waals surface area contributed by atoms with Gasteiger partial charge in [0.05, 0.1) is 0 Å². The van der Waals surface area contributed by atoms with Crippen molar-refractivity contribution in [2.75, 3.05) is 6.54 Å². The molecule has 4 nitrogen and oxygen atoms in total. The Morgan fingerprint density at radius 3 is 2.11 bits per heavy atom. The number of unbranched alkanes of at least 4 members (excludes halogenated alkanes) is 2. The fourth-order valence-corrected chi connectivity index (χ4v) is 2.90. The number of carbonyl (C=O) groups excluding carboxylic acids is 2. The molecule has 0 saturated carbocycles. The van der Waals surface area contributed by atoms with Crippen molar-refractivity contribution in [2.45, 2.75) is 77.8 Å². The minimum atomic E-state index is -0.781. The Balaban J connectivity index is 3.05. The third-order valence-electron chi connectivity index (χ3n) is 4.30. The maximum Gasteiger partial charge on any atom is 0.248 e. The van der Waals surface area contributed by atoms with Crippen LogP contribution in [-0.2, 0) is 9.59 Å². The van der Waals surface area contributed by atoms with Gasteiger partial charge in [0, 0.05) is 6.54 Å². The summed E-state index contributed by atoms with van der Waals surface area (Å²) in [5.74, 6) is 0.0468. The highest BCUT2D eigenvalue weighted by Gasteiger charge is 2.52. The van der Waals surface area contributed by atoms with Gasteiger partial charge in [0.1, 0.15) is 11.1 Å². The lowest BCUT2D eigenvalue weighted by Gasteiger charge is -2.50. The third kappa shape index (κ3) is 2.77. The van der Waals surface area contributed by atoms with E-state index in [1.165, 1.54) is 0 Å². The van der Waals surface area contributed by atoms with E-state index < -0.39 is 11.1 Å². The largest absolute Gasteiger partial charge is 0.340 e.